The number of piperazine rings is 1. The minimum Gasteiger partial charge on any atom is -0.354 e. The summed E-state index contributed by atoms with van der Waals surface area (Å²) in [5, 5.41) is 3.83. The van der Waals surface area contributed by atoms with Gasteiger partial charge in [-0.05, 0) is 31.9 Å². The Balaban J connectivity index is 1.24. The summed E-state index contributed by atoms with van der Waals surface area (Å²) in [5.74, 6) is 1.94. The first kappa shape index (κ1) is 20.1. The van der Waals surface area contributed by atoms with Crippen molar-refractivity contribution in [2.24, 2.45) is 0 Å². The molecule has 0 bridgehead atoms. The van der Waals surface area contributed by atoms with Crippen LogP contribution in [0.2, 0.25) is 0 Å². The zero-order chi connectivity index (χ0) is 20.4. The van der Waals surface area contributed by atoms with Gasteiger partial charge in [0.2, 0.25) is 5.89 Å². The molecule has 2 aliphatic heterocycles. The summed E-state index contributed by atoms with van der Waals surface area (Å²) in [7, 11) is 0. The Labute approximate surface area is 167 Å². The van der Waals surface area contributed by atoms with Crippen molar-refractivity contribution in [2.45, 2.75) is 38.5 Å². The number of anilines is 1. The van der Waals surface area contributed by atoms with E-state index in [4.69, 9.17) is 4.52 Å². The first-order valence-corrected chi connectivity index (χ1v) is 9.92. The molecule has 0 aromatic carbocycles. The molecule has 0 unspecified atom stereocenters. The third-order valence-corrected chi connectivity index (χ3v) is 5.72. The summed E-state index contributed by atoms with van der Waals surface area (Å²) in [6.07, 6.45) is -1.25. The number of piperidine rings is 1. The Kier molecular flexibility index (Phi) is 5.73. The van der Waals surface area contributed by atoms with Crippen LogP contribution < -0.4 is 4.90 Å². The molecule has 158 valence electrons. The van der Waals surface area contributed by atoms with Gasteiger partial charge in [-0.25, -0.2) is 4.98 Å². The van der Waals surface area contributed by atoms with Crippen LogP contribution in [0.5, 0.6) is 0 Å². The number of alkyl halides is 3. The summed E-state index contributed by atoms with van der Waals surface area (Å²) >= 11 is 0. The van der Waals surface area contributed by atoms with E-state index in [1.165, 1.54) is 6.07 Å². The summed E-state index contributed by atoms with van der Waals surface area (Å²) in [4.78, 5) is 15.2. The third-order valence-electron chi connectivity index (χ3n) is 5.72. The standard InChI is InChI=1S/C19H25F3N6O/c1-14-24-18(29-25-14)13-26-6-4-16(5-7-26)27-8-10-28(11-9-27)17-3-2-15(12-23-17)19(20,21)22/h2-3,12,16H,4-11,13H2,1H3. The van der Waals surface area contributed by atoms with Gasteiger partial charge < -0.3 is 9.42 Å². The fourth-order valence-electron chi connectivity index (χ4n) is 4.10. The molecule has 2 fully saturated rings. The maximum absolute atomic E-state index is 12.7. The van der Waals surface area contributed by atoms with Gasteiger partial charge in [-0.2, -0.15) is 18.2 Å². The second kappa shape index (κ2) is 8.27. The van der Waals surface area contributed by atoms with Crippen molar-refractivity contribution in [3.63, 3.8) is 0 Å². The highest BCUT2D eigenvalue weighted by atomic mass is 19.4. The van der Waals surface area contributed by atoms with Crippen LogP contribution in [0.15, 0.2) is 22.9 Å². The van der Waals surface area contributed by atoms with Crippen LogP contribution in [0.4, 0.5) is 19.0 Å². The molecule has 29 heavy (non-hydrogen) atoms. The van der Waals surface area contributed by atoms with E-state index in [1.54, 1.807) is 0 Å². The van der Waals surface area contributed by atoms with Gasteiger partial charge in [-0.1, -0.05) is 5.16 Å². The number of hydrogen-bond donors (Lipinski definition) is 0. The first-order valence-electron chi connectivity index (χ1n) is 9.92. The fraction of sp³-hybridized carbons (Fsp3) is 0.632. The molecular weight excluding hydrogens is 385 g/mol. The van der Waals surface area contributed by atoms with Crippen molar-refractivity contribution in [3.05, 3.63) is 35.6 Å². The van der Waals surface area contributed by atoms with Gasteiger partial charge in [0.1, 0.15) is 5.82 Å². The predicted octanol–water partition coefficient (Wildman–Crippen LogP) is 2.58. The van der Waals surface area contributed by atoms with Gasteiger partial charge in [-0.3, -0.25) is 9.80 Å². The molecule has 0 spiro atoms. The number of nitrogens with zero attached hydrogens (tertiary/aromatic N) is 6. The zero-order valence-corrected chi connectivity index (χ0v) is 16.4. The summed E-state index contributed by atoms with van der Waals surface area (Å²) in [6, 6.07) is 3.12. The van der Waals surface area contributed by atoms with E-state index < -0.39 is 11.7 Å². The molecule has 2 aliphatic rings. The van der Waals surface area contributed by atoms with E-state index in [2.05, 4.69) is 29.8 Å². The highest BCUT2D eigenvalue weighted by Crippen LogP contribution is 2.29. The SMILES string of the molecule is Cc1noc(CN2CCC(N3CCN(c4ccc(C(F)(F)F)cn4)CC3)CC2)n1. The largest absolute Gasteiger partial charge is 0.417 e. The lowest BCUT2D eigenvalue weighted by molar-refractivity contribution is -0.137. The maximum atomic E-state index is 12.7. The number of pyridine rings is 1. The Bertz CT molecular complexity index is 793. The molecule has 0 N–H and O–H groups in total. The van der Waals surface area contributed by atoms with E-state index in [9.17, 15) is 13.2 Å². The van der Waals surface area contributed by atoms with E-state index >= 15 is 0 Å². The number of aromatic nitrogens is 3. The number of likely N-dealkylation sites (tertiary alicyclic amines) is 1. The number of hydrogen-bond acceptors (Lipinski definition) is 7. The molecule has 2 saturated heterocycles. The van der Waals surface area contributed by atoms with Gasteiger partial charge in [-0.15, -0.1) is 0 Å². The van der Waals surface area contributed by atoms with Gasteiger partial charge in [0, 0.05) is 51.5 Å². The molecule has 0 atom stereocenters. The van der Waals surface area contributed by atoms with Crippen LogP contribution in [0.25, 0.3) is 0 Å². The minimum absolute atomic E-state index is 0.540. The van der Waals surface area contributed by atoms with Crippen LogP contribution >= 0.6 is 0 Å². The highest BCUT2D eigenvalue weighted by molar-refractivity contribution is 5.40. The van der Waals surface area contributed by atoms with Crippen molar-refractivity contribution in [1.82, 2.24) is 24.9 Å². The van der Waals surface area contributed by atoms with Crippen molar-refractivity contribution in [1.29, 1.82) is 0 Å². The molecule has 4 heterocycles. The van der Waals surface area contributed by atoms with E-state index in [-0.39, 0.29) is 0 Å². The fourth-order valence-corrected chi connectivity index (χ4v) is 4.10. The first-order chi connectivity index (χ1) is 13.9. The van der Waals surface area contributed by atoms with Crippen LogP contribution in [0, 0.1) is 6.92 Å². The van der Waals surface area contributed by atoms with Gasteiger partial charge in [0.25, 0.3) is 0 Å². The Hall–Kier alpha value is -2.20. The lowest BCUT2D eigenvalue weighted by Crippen LogP contribution is -2.53. The number of rotatable bonds is 4. The molecular formula is C19H25F3N6O. The lowest BCUT2D eigenvalue weighted by Gasteiger charge is -2.42. The third kappa shape index (κ3) is 4.87. The Morgan fingerprint density at radius 2 is 1.79 bits per heavy atom. The van der Waals surface area contributed by atoms with Crippen molar-refractivity contribution >= 4 is 5.82 Å². The van der Waals surface area contributed by atoms with E-state index in [0.717, 1.165) is 64.4 Å². The van der Waals surface area contributed by atoms with Crippen molar-refractivity contribution in [3.8, 4) is 0 Å². The zero-order valence-electron chi connectivity index (χ0n) is 16.4. The van der Waals surface area contributed by atoms with Gasteiger partial charge in [0.15, 0.2) is 5.82 Å². The molecule has 4 rings (SSSR count). The molecule has 7 nitrogen and oxygen atoms in total. The molecule has 2 aromatic rings. The Morgan fingerprint density at radius 3 is 2.34 bits per heavy atom. The monoisotopic (exact) mass is 410 g/mol. The van der Waals surface area contributed by atoms with Gasteiger partial charge in [0.05, 0.1) is 12.1 Å². The summed E-state index contributed by atoms with van der Waals surface area (Å²) < 4.78 is 43.3. The molecule has 10 heteroatoms. The summed E-state index contributed by atoms with van der Waals surface area (Å²) in [6.45, 7) is 7.85. The van der Waals surface area contributed by atoms with E-state index in [1.807, 2.05) is 6.92 Å². The normalized spacial score (nSPS) is 20.3. The highest BCUT2D eigenvalue weighted by Gasteiger charge is 2.32. The Morgan fingerprint density at radius 1 is 1.07 bits per heavy atom. The quantitative estimate of drug-likeness (QED) is 0.768. The maximum Gasteiger partial charge on any atom is 0.417 e. The topological polar surface area (TPSA) is 61.5 Å². The molecule has 0 radical (unpaired) electrons. The average molecular weight is 410 g/mol. The van der Waals surface area contributed by atoms with Gasteiger partial charge >= 0.3 is 6.18 Å². The number of aryl methyl sites for hydroxylation is 1. The van der Waals surface area contributed by atoms with Crippen LogP contribution in [-0.2, 0) is 12.7 Å². The predicted molar refractivity (Wildman–Crippen MR) is 100 cm³/mol. The molecule has 2 aromatic heterocycles. The number of halogens is 3. The smallest absolute Gasteiger partial charge is 0.354 e. The van der Waals surface area contributed by atoms with Crippen LogP contribution in [-0.4, -0.2) is 70.2 Å². The van der Waals surface area contributed by atoms with Crippen LogP contribution in [0.1, 0.15) is 30.1 Å². The molecule has 0 saturated carbocycles. The average Bonchev–Trinajstić information content (AvgIpc) is 3.13. The lowest BCUT2D eigenvalue weighted by atomic mass is 10.0. The van der Waals surface area contributed by atoms with Crippen molar-refractivity contribution in [2.75, 3.05) is 44.2 Å². The van der Waals surface area contributed by atoms with Crippen molar-refractivity contribution < 1.29 is 17.7 Å². The van der Waals surface area contributed by atoms with E-state index in [0.29, 0.717) is 30.1 Å². The second-order valence-electron chi connectivity index (χ2n) is 7.67. The summed E-state index contributed by atoms with van der Waals surface area (Å²) in [5.41, 5.74) is -0.706. The minimum atomic E-state index is -4.35. The van der Waals surface area contributed by atoms with Crippen LogP contribution in [0.3, 0.4) is 0 Å². The molecule has 0 amide bonds. The molecule has 0 aliphatic carbocycles. The second-order valence-corrected chi connectivity index (χ2v) is 7.67.